The highest BCUT2D eigenvalue weighted by atomic mass is 32.2. The van der Waals surface area contributed by atoms with E-state index in [0.717, 1.165) is 0 Å². The number of carbonyl (C=O) groups is 1. The van der Waals surface area contributed by atoms with Crippen LogP contribution in [0.5, 0.6) is 5.75 Å². The Morgan fingerprint density at radius 1 is 1.56 bits per heavy atom. The highest BCUT2D eigenvalue weighted by Gasteiger charge is 2.04. The van der Waals surface area contributed by atoms with Crippen molar-refractivity contribution in [1.82, 2.24) is 0 Å². The Balaban J connectivity index is 2.53. The smallest absolute Gasteiger partial charge is 0.230 e. The summed E-state index contributed by atoms with van der Waals surface area (Å²) in [7, 11) is 0. The summed E-state index contributed by atoms with van der Waals surface area (Å²) in [5, 5.41) is 9.89. The highest BCUT2D eigenvalue weighted by molar-refractivity contribution is 7.94. The molecule has 4 nitrogen and oxygen atoms in total. The van der Waals surface area contributed by atoms with Crippen molar-refractivity contribution in [3.8, 4) is 5.75 Å². The van der Waals surface area contributed by atoms with Crippen molar-refractivity contribution in [3.05, 3.63) is 24.3 Å². The summed E-state index contributed by atoms with van der Waals surface area (Å²) in [6, 6.07) is 6.87. The first kappa shape index (κ1) is 14.5. The lowest BCUT2D eigenvalue weighted by atomic mass is 10.2. The zero-order valence-corrected chi connectivity index (χ0v) is 10.8. The van der Waals surface area contributed by atoms with Gasteiger partial charge in [0, 0.05) is 29.6 Å². The van der Waals surface area contributed by atoms with Gasteiger partial charge in [-0.05, 0) is 19.1 Å². The van der Waals surface area contributed by atoms with E-state index < -0.39 is 0 Å². The minimum absolute atomic E-state index is 0.0730. The molecule has 2 N–H and O–H groups in total. The van der Waals surface area contributed by atoms with Gasteiger partial charge in [-0.25, -0.2) is 0 Å². The third-order valence-corrected chi connectivity index (χ3v) is 2.29. The molecule has 0 aliphatic carbocycles. The number of benzene rings is 1. The molecule has 1 amide bonds. The van der Waals surface area contributed by atoms with E-state index in [0.29, 0.717) is 17.1 Å². The zero-order chi connectivity index (χ0) is 13.4. The topological polar surface area (TPSA) is 62.2 Å². The summed E-state index contributed by atoms with van der Waals surface area (Å²) in [6.07, 6.45) is 0.0730. The van der Waals surface area contributed by atoms with Crippen LogP contribution in [0.2, 0.25) is 0 Å². The molecule has 6 heteroatoms. The van der Waals surface area contributed by atoms with Crippen molar-refractivity contribution in [1.29, 1.82) is 5.41 Å². The van der Waals surface area contributed by atoms with Crippen molar-refractivity contribution in [2.24, 2.45) is 0 Å². The fourth-order valence-corrected chi connectivity index (χ4v) is 1.45. The van der Waals surface area contributed by atoms with Gasteiger partial charge in [0.25, 0.3) is 0 Å². The number of anilines is 1. The number of halogens is 1. The molecule has 0 bridgehead atoms. The first-order chi connectivity index (χ1) is 8.61. The van der Waals surface area contributed by atoms with Crippen LogP contribution in [-0.2, 0) is 4.79 Å². The van der Waals surface area contributed by atoms with Gasteiger partial charge in [0.2, 0.25) is 5.91 Å². The Hall–Kier alpha value is -1.56. The monoisotopic (exact) mass is 270 g/mol. The number of nitrogens with one attached hydrogen (secondary N) is 2. The number of hydrogen-bond donors (Lipinski definition) is 2. The predicted molar refractivity (Wildman–Crippen MR) is 72.2 cm³/mol. The lowest BCUT2D eigenvalue weighted by Gasteiger charge is -2.08. The maximum absolute atomic E-state index is 11.8. The van der Waals surface area contributed by atoms with Crippen LogP contribution in [0.25, 0.3) is 0 Å². The number of ether oxygens (including phenoxy) is 1. The van der Waals surface area contributed by atoms with E-state index in [1.807, 2.05) is 0 Å². The molecule has 0 heterocycles. The van der Waals surface area contributed by atoms with E-state index >= 15 is 0 Å². The molecule has 1 aromatic carbocycles. The third kappa shape index (κ3) is 5.67. The normalized spacial score (nSPS) is 9.89. The van der Waals surface area contributed by atoms with E-state index in [9.17, 15) is 8.68 Å². The molecule has 0 saturated heterocycles. The minimum Gasteiger partial charge on any atom is -0.493 e. The van der Waals surface area contributed by atoms with Crippen LogP contribution in [0.1, 0.15) is 13.3 Å². The van der Waals surface area contributed by atoms with Crippen LogP contribution < -0.4 is 10.1 Å². The van der Waals surface area contributed by atoms with Gasteiger partial charge in [0.1, 0.15) is 5.75 Å². The van der Waals surface area contributed by atoms with Crippen molar-refractivity contribution >= 4 is 29.5 Å². The van der Waals surface area contributed by atoms with Crippen LogP contribution in [0, 0.1) is 5.41 Å². The first-order valence-corrected chi connectivity index (χ1v) is 6.30. The standard InChI is InChI=1S/C12H15FN2O2S/c1-9(14)7-12(16)15-10-3-2-4-11(8-10)17-5-6-18-13/h2-4,8,14H,5-7H2,1H3,(H,15,16). The average molecular weight is 270 g/mol. The second-order valence-electron chi connectivity index (χ2n) is 3.69. The maximum Gasteiger partial charge on any atom is 0.230 e. The lowest BCUT2D eigenvalue weighted by Crippen LogP contribution is -2.14. The first-order valence-electron chi connectivity index (χ1n) is 5.42. The molecule has 0 spiro atoms. The molecule has 0 saturated carbocycles. The second kappa shape index (κ2) is 7.71. The van der Waals surface area contributed by atoms with Gasteiger partial charge in [-0.3, -0.25) is 4.79 Å². The Labute approximate surface area is 110 Å². The molecule has 1 rings (SSSR count). The predicted octanol–water partition coefficient (Wildman–Crippen LogP) is 3.05. The average Bonchev–Trinajstić information content (AvgIpc) is 2.28. The van der Waals surface area contributed by atoms with E-state index in [2.05, 4.69) is 5.32 Å². The summed E-state index contributed by atoms with van der Waals surface area (Å²) in [6.45, 7) is 1.85. The molecule has 0 aliphatic rings. The van der Waals surface area contributed by atoms with Crippen LogP contribution in [-0.4, -0.2) is 24.0 Å². The summed E-state index contributed by atoms with van der Waals surface area (Å²) >= 11 is 0.224. The van der Waals surface area contributed by atoms with Gasteiger partial charge < -0.3 is 15.5 Å². The van der Waals surface area contributed by atoms with Gasteiger partial charge in [-0.15, -0.1) is 0 Å². The summed E-state index contributed by atoms with van der Waals surface area (Å²) in [4.78, 5) is 11.4. The Morgan fingerprint density at radius 2 is 2.33 bits per heavy atom. The summed E-state index contributed by atoms with van der Waals surface area (Å²) < 4.78 is 17.1. The van der Waals surface area contributed by atoms with Crippen LogP contribution in [0.15, 0.2) is 24.3 Å². The van der Waals surface area contributed by atoms with Gasteiger partial charge >= 0.3 is 0 Å². The largest absolute Gasteiger partial charge is 0.493 e. The molecule has 0 aliphatic heterocycles. The van der Waals surface area contributed by atoms with Gasteiger partial charge in [0.05, 0.1) is 18.8 Å². The molecule has 1 aromatic rings. The number of amides is 1. The van der Waals surface area contributed by atoms with Crippen LogP contribution >= 0.6 is 12.1 Å². The SMILES string of the molecule is CC(=N)CC(=O)Nc1cccc(OCCSF)c1. The van der Waals surface area contributed by atoms with Gasteiger partial charge in [-0.1, -0.05) is 6.07 Å². The van der Waals surface area contributed by atoms with Crippen molar-refractivity contribution < 1.29 is 13.4 Å². The van der Waals surface area contributed by atoms with Crippen molar-refractivity contribution in [3.63, 3.8) is 0 Å². The van der Waals surface area contributed by atoms with E-state index in [4.69, 9.17) is 10.1 Å². The minimum atomic E-state index is -0.237. The highest BCUT2D eigenvalue weighted by Crippen LogP contribution is 2.18. The van der Waals surface area contributed by atoms with Crippen LogP contribution in [0.3, 0.4) is 0 Å². The number of carbonyl (C=O) groups excluding carboxylic acids is 1. The molecule has 0 fully saturated rings. The Morgan fingerprint density at radius 3 is 3.00 bits per heavy atom. The lowest BCUT2D eigenvalue weighted by molar-refractivity contribution is -0.115. The molecule has 98 valence electrons. The molecule has 0 radical (unpaired) electrons. The van der Waals surface area contributed by atoms with Crippen LogP contribution in [0.4, 0.5) is 9.57 Å². The quantitative estimate of drug-likeness (QED) is 0.591. The molecule has 18 heavy (non-hydrogen) atoms. The summed E-state index contributed by atoms with van der Waals surface area (Å²) in [5.74, 6) is 0.608. The summed E-state index contributed by atoms with van der Waals surface area (Å²) in [5.41, 5.74) is 0.909. The van der Waals surface area contributed by atoms with Crippen molar-refractivity contribution in [2.75, 3.05) is 17.7 Å². The fourth-order valence-electron chi connectivity index (χ4n) is 1.30. The molecule has 0 aromatic heterocycles. The van der Waals surface area contributed by atoms with Crippen molar-refractivity contribution in [2.45, 2.75) is 13.3 Å². The molecule has 0 atom stereocenters. The third-order valence-electron chi connectivity index (χ3n) is 1.97. The van der Waals surface area contributed by atoms with E-state index in [-0.39, 0.29) is 36.8 Å². The zero-order valence-electron chi connectivity index (χ0n) is 10.0. The fraction of sp³-hybridized carbons (Fsp3) is 0.333. The van der Waals surface area contributed by atoms with Gasteiger partial charge in [0.15, 0.2) is 0 Å². The number of hydrogen-bond acceptors (Lipinski definition) is 4. The van der Waals surface area contributed by atoms with E-state index in [1.54, 1.807) is 31.2 Å². The Bertz CT molecular complexity index is 426. The molecular formula is C12H15FN2O2S. The van der Waals surface area contributed by atoms with Gasteiger partial charge in [-0.2, -0.15) is 3.89 Å². The molecular weight excluding hydrogens is 255 g/mol. The molecule has 0 unspecified atom stereocenters. The van der Waals surface area contributed by atoms with E-state index in [1.165, 1.54) is 0 Å². The second-order valence-corrected chi connectivity index (χ2v) is 4.32. The maximum atomic E-state index is 11.8. The Kier molecular flexibility index (Phi) is 6.21. The number of rotatable bonds is 7.